The van der Waals surface area contributed by atoms with E-state index in [-0.39, 0.29) is 37.4 Å². The molecule has 0 spiro atoms. The van der Waals surface area contributed by atoms with E-state index in [2.05, 4.69) is 10.1 Å². The summed E-state index contributed by atoms with van der Waals surface area (Å²) >= 11 is 0. The lowest BCUT2D eigenvalue weighted by molar-refractivity contribution is -0.173. The minimum atomic E-state index is -4.33. The molecule has 17 heavy (non-hydrogen) atoms. The molecule has 0 saturated carbocycles. The molecule has 3 N–H and O–H groups in total. The fourth-order valence-electron chi connectivity index (χ4n) is 1.25. The summed E-state index contributed by atoms with van der Waals surface area (Å²) in [5.41, 5.74) is 5.42. The van der Waals surface area contributed by atoms with E-state index in [1.165, 1.54) is 0 Å². The van der Waals surface area contributed by atoms with Crippen molar-refractivity contribution in [2.45, 2.75) is 20.0 Å². The Hall–Kier alpha value is -0.820. The van der Waals surface area contributed by atoms with Crippen LogP contribution in [0.5, 0.6) is 0 Å². The Morgan fingerprint density at radius 3 is 2.41 bits per heavy atom. The van der Waals surface area contributed by atoms with Gasteiger partial charge in [-0.25, -0.2) is 0 Å². The second kappa shape index (κ2) is 7.50. The van der Waals surface area contributed by atoms with Crippen LogP contribution >= 0.6 is 0 Å². The van der Waals surface area contributed by atoms with E-state index in [0.29, 0.717) is 0 Å². The average Bonchev–Trinajstić information content (AvgIpc) is 2.15. The zero-order chi connectivity index (χ0) is 13.5. The number of ether oxygens (including phenoxy) is 1. The minimum Gasteiger partial charge on any atom is -0.370 e. The van der Waals surface area contributed by atoms with Crippen LogP contribution in [0.25, 0.3) is 0 Å². The SMILES string of the molecule is CC(C)C(CN)C(=O)NCCOCC(F)(F)F. The second-order valence-electron chi connectivity index (χ2n) is 4.05. The first-order valence-corrected chi connectivity index (χ1v) is 5.40. The fraction of sp³-hybridized carbons (Fsp3) is 0.900. The van der Waals surface area contributed by atoms with E-state index in [9.17, 15) is 18.0 Å². The number of hydrogen-bond acceptors (Lipinski definition) is 3. The van der Waals surface area contributed by atoms with Crippen LogP contribution in [0.2, 0.25) is 0 Å². The van der Waals surface area contributed by atoms with Gasteiger partial charge in [-0.1, -0.05) is 13.8 Å². The normalized spacial score (nSPS) is 13.8. The van der Waals surface area contributed by atoms with E-state index in [4.69, 9.17) is 5.73 Å². The van der Waals surface area contributed by atoms with Crippen LogP contribution < -0.4 is 11.1 Å². The quantitative estimate of drug-likeness (QED) is 0.665. The molecule has 0 bridgehead atoms. The Kier molecular flexibility index (Phi) is 7.13. The molecule has 0 aromatic carbocycles. The predicted octanol–water partition coefficient (Wildman–Crippen LogP) is 0.912. The Morgan fingerprint density at radius 2 is 2.00 bits per heavy atom. The van der Waals surface area contributed by atoms with Crippen LogP contribution in [0.4, 0.5) is 13.2 Å². The molecule has 1 unspecified atom stereocenters. The van der Waals surface area contributed by atoms with Crippen molar-refractivity contribution in [1.82, 2.24) is 5.32 Å². The summed E-state index contributed by atoms with van der Waals surface area (Å²) in [5, 5.41) is 2.49. The van der Waals surface area contributed by atoms with Gasteiger partial charge in [-0.2, -0.15) is 13.2 Å². The van der Waals surface area contributed by atoms with Gasteiger partial charge in [-0.15, -0.1) is 0 Å². The van der Waals surface area contributed by atoms with Crippen molar-refractivity contribution in [2.24, 2.45) is 17.6 Å². The lowest BCUT2D eigenvalue weighted by Crippen LogP contribution is -2.39. The number of hydrogen-bond donors (Lipinski definition) is 2. The number of amides is 1. The summed E-state index contributed by atoms with van der Waals surface area (Å²) in [6.45, 7) is 2.52. The molecule has 102 valence electrons. The van der Waals surface area contributed by atoms with Crippen molar-refractivity contribution in [3.63, 3.8) is 0 Å². The van der Waals surface area contributed by atoms with Gasteiger partial charge < -0.3 is 15.8 Å². The molecule has 0 aliphatic rings. The van der Waals surface area contributed by atoms with Crippen LogP contribution in [0, 0.1) is 11.8 Å². The number of carbonyl (C=O) groups is 1. The van der Waals surface area contributed by atoms with E-state index >= 15 is 0 Å². The summed E-state index contributed by atoms with van der Waals surface area (Å²) in [6, 6.07) is 0. The number of nitrogens with two attached hydrogens (primary N) is 1. The van der Waals surface area contributed by atoms with Crippen LogP contribution in [0.15, 0.2) is 0 Å². The average molecular weight is 256 g/mol. The van der Waals surface area contributed by atoms with Crippen molar-refractivity contribution in [3.8, 4) is 0 Å². The Morgan fingerprint density at radius 1 is 1.41 bits per heavy atom. The molecule has 0 aliphatic heterocycles. The van der Waals surface area contributed by atoms with Crippen molar-refractivity contribution >= 4 is 5.91 Å². The number of nitrogens with one attached hydrogen (secondary N) is 1. The molecule has 0 rings (SSSR count). The van der Waals surface area contributed by atoms with Crippen LogP contribution in [0.1, 0.15) is 13.8 Å². The maximum absolute atomic E-state index is 11.7. The number of halogens is 3. The van der Waals surface area contributed by atoms with Gasteiger partial charge in [0.2, 0.25) is 5.91 Å². The number of alkyl halides is 3. The largest absolute Gasteiger partial charge is 0.411 e. The summed E-state index contributed by atoms with van der Waals surface area (Å²) < 4.78 is 39.5. The molecule has 0 heterocycles. The fourth-order valence-corrected chi connectivity index (χ4v) is 1.25. The second-order valence-corrected chi connectivity index (χ2v) is 4.05. The van der Waals surface area contributed by atoms with E-state index in [1.54, 1.807) is 0 Å². The lowest BCUT2D eigenvalue weighted by atomic mass is 9.95. The van der Waals surface area contributed by atoms with Gasteiger partial charge in [-0.3, -0.25) is 4.79 Å². The zero-order valence-electron chi connectivity index (χ0n) is 10.0. The van der Waals surface area contributed by atoms with Gasteiger partial charge in [0, 0.05) is 13.1 Å². The van der Waals surface area contributed by atoms with E-state index in [0.717, 1.165) is 0 Å². The predicted molar refractivity (Wildman–Crippen MR) is 57.3 cm³/mol. The summed E-state index contributed by atoms with van der Waals surface area (Å²) in [7, 11) is 0. The third-order valence-electron chi connectivity index (χ3n) is 2.21. The van der Waals surface area contributed by atoms with Crippen molar-refractivity contribution in [3.05, 3.63) is 0 Å². The van der Waals surface area contributed by atoms with Gasteiger partial charge in [0.25, 0.3) is 0 Å². The van der Waals surface area contributed by atoms with Gasteiger partial charge in [-0.05, 0) is 5.92 Å². The van der Waals surface area contributed by atoms with Crippen molar-refractivity contribution < 1.29 is 22.7 Å². The molecule has 0 fully saturated rings. The molecule has 7 heteroatoms. The Balaban J connectivity index is 3.71. The first-order valence-electron chi connectivity index (χ1n) is 5.40. The zero-order valence-corrected chi connectivity index (χ0v) is 10.0. The van der Waals surface area contributed by atoms with Gasteiger partial charge in [0.15, 0.2) is 0 Å². The molecule has 0 aliphatic carbocycles. The number of rotatable bonds is 7. The highest BCUT2D eigenvalue weighted by Crippen LogP contribution is 2.14. The highest BCUT2D eigenvalue weighted by molar-refractivity contribution is 5.79. The monoisotopic (exact) mass is 256 g/mol. The highest BCUT2D eigenvalue weighted by Gasteiger charge is 2.27. The third kappa shape index (κ3) is 7.98. The first-order chi connectivity index (χ1) is 7.78. The lowest BCUT2D eigenvalue weighted by Gasteiger charge is -2.18. The van der Waals surface area contributed by atoms with E-state index in [1.807, 2.05) is 13.8 Å². The van der Waals surface area contributed by atoms with Crippen molar-refractivity contribution in [1.29, 1.82) is 0 Å². The molecule has 1 amide bonds. The summed E-state index contributed by atoms with van der Waals surface area (Å²) in [4.78, 5) is 11.5. The standard InChI is InChI=1S/C10H19F3N2O2/c1-7(2)8(5-14)9(16)15-3-4-17-6-10(11,12)13/h7-8H,3-6,14H2,1-2H3,(H,15,16). The van der Waals surface area contributed by atoms with Gasteiger partial charge >= 0.3 is 6.18 Å². The molecule has 0 aromatic rings. The number of carbonyl (C=O) groups excluding carboxylic acids is 1. The Bertz CT molecular complexity index is 232. The molecule has 0 saturated heterocycles. The van der Waals surface area contributed by atoms with Gasteiger partial charge in [0.05, 0.1) is 12.5 Å². The minimum absolute atomic E-state index is 0.0537. The smallest absolute Gasteiger partial charge is 0.370 e. The Labute approximate surface area is 98.7 Å². The molecular formula is C10H19F3N2O2. The van der Waals surface area contributed by atoms with Gasteiger partial charge in [0.1, 0.15) is 6.61 Å². The summed E-state index contributed by atoms with van der Waals surface area (Å²) in [6.07, 6.45) is -4.33. The molecule has 4 nitrogen and oxygen atoms in total. The van der Waals surface area contributed by atoms with Crippen LogP contribution in [0.3, 0.4) is 0 Å². The molecule has 0 radical (unpaired) electrons. The molecular weight excluding hydrogens is 237 g/mol. The topological polar surface area (TPSA) is 64.4 Å². The van der Waals surface area contributed by atoms with E-state index < -0.39 is 12.8 Å². The first kappa shape index (κ1) is 16.2. The molecule has 1 atom stereocenters. The third-order valence-corrected chi connectivity index (χ3v) is 2.21. The van der Waals surface area contributed by atoms with Crippen molar-refractivity contribution in [2.75, 3.05) is 26.3 Å². The summed E-state index contributed by atoms with van der Waals surface area (Å²) in [5.74, 6) is -0.480. The van der Waals surface area contributed by atoms with Crippen LogP contribution in [-0.4, -0.2) is 38.4 Å². The maximum Gasteiger partial charge on any atom is 0.411 e. The molecule has 0 aromatic heterocycles. The van der Waals surface area contributed by atoms with Crippen LogP contribution in [-0.2, 0) is 9.53 Å². The maximum atomic E-state index is 11.7. The highest BCUT2D eigenvalue weighted by atomic mass is 19.4.